The molecule has 6 heteroatoms. The molecule has 0 amide bonds. The van der Waals surface area contributed by atoms with E-state index < -0.39 is 0 Å². The van der Waals surface area contributed by atoms with Crippen LogP contribution < -0.4 is 10.6 Å². The van der Waals surface area contributed by atoms with Gasteiger partial charge in [-0.1, -0.05) is 13.8 Å². The molecular formula is C17H33IN4S. The van der Waals surface area contributed by atoms with E-state index in [4.69, 9.17) is 0 Å². The molecule has 1 aromatic heterocycles. The lowest BCUT2D eigenvalue weighted by molar-refractivity contribution is 0.300. The average Bonchev–Trinajstić information content (AvgIpc) is 2.91. The van der Waals surface area contributed by atoms with Crippen molar-refractivity contribution in [2.75, 3.05) is 33.2 Å². The van der Waals surface area contributed by atoms with Crippen molar-refractivity contribution in [1.82, 2.24) is 15.5 Å². The summed E-state index contributed by atoms with van der Waals surface area (Å²) in [7, 11) is 1.84. The Kier molecular flexibility index (Phi) is 12.8. The molecule has 0 aliphatic heterocycles. The molecule has 1 heterocycles. The zero-order chi connectivity index (χ0) is 16.4. The van der Waals surface area contributed by atoms with Crippen molar-refractivity contribution >= 4 is 41.3 Å². The SMILES string of the molecule is CCN(CC)CCCNC(=NC)NC(C)Cc1ccc(C)s1.I. The molecule has 0 radical (unpaired) electrons. The maximum atomic E-state index is 4.32. The normalized spacial score (nSPS) is 12.9. The first kappa shape index (κ1) is 22.7. The van der Waals surface area contributed by atoms with Gasteiger partial charge in [0.05, 0.1) is 0 Å². The van der Waals surface area contributed by atoms with Gasteiger partial charge in [-0.15, -0.1) is 35.3 Å². The molecule has 0 bridgehead atoms. The van der Waals surface area contributed by atoms with Crippen molar-refractivity contribution in [3.63, 3.8) is 0 Å². The lowest BCUT2D eigenvalue weighted by Gasteiger charge is -2.20. The number of nitrogens with zero attached hydrogens (tertiary/aromatic N) is 2. The van der Waals surface area contributed by atoms with Gasteiger partial charge in [0, 0.05) is 35.8 Å². The van der Waals surface area contributed by atoms with Crippen molar-refractivity contribution in [2.24, 2.45) is 4.99 Å². The molecule has 1 unspecified atom stereocenters. The molecular weight excluding hydrogens is 419 g/mol. The smallest absolute Gasteiger partial charge is 0.191 e. The molecule has 1 rings (SSSR count). The zero-order valence-electron chi connectivity index (χ0n) is 15.2. The van der Waals surface area contributed by atoms with Gasteiger partial charge in [0.15, 0.2) is 5.96 Å². The van der Waals surface area contributed by atoms with E-state index in [-0.39, 0.29) is 24.0 Å². The van der Waals surface area contributed by atoms with Crippen LogP contribution in [0.3, 0.4) is 0 Å². The fourth-order valence-corrected chi connectivity index (χ4v) is 3.44. The van der Waals surface area contributed by atoms with E-state index in [1.807, 2.05) is 18.4 Å². The van der Waals surface area contributed by atoms with Gasteiger partial charge in [0.1, 0.15) is 0 Å². The molecule has 4 nitrogen and oxygen atoms in total. The predicted octanol–water partition coefficient (Wildman–Crippen LogP) is 3.50. The third-order valence-electron chi connectivity index (χ3n) is 3.75. The minimum atomic E-state index is 0. The van der Waals surface area contributed by atoms with Crippen LogP contribution in [0.25, 0.3) is 0 Å². The molecule has 0 fully saturated rings. The lowest BCUT2D eigenvalue weighted by atomic mass is 10.2. The molecule has 0 spiro atoms. The number of thiophene rings is 1. The van der Waals surface area contributed by atoms with Crippen LogP contribution in [0, 0.1) is 6.92 Å². The third-order valence-corrected chi connectivity index (χ3v) is 4.77. The Morgan fingerprint density at radius 3 is 2.52 bits per heavy atom. The summed E-state index contributed by atoms with van der Waals surface area (Å²) >= 11 is 1.87. The number of hydrogen-bond acceptors (Lipinski definition) is 3. The number of rotatable bonds is 9. The standard InChI is InChI=1S/C17H32N4S.HI/c1-6-21(7-2)12-8-11-19-17(18-5)20-14(3)13-16-10-9-15(4)22-16;/h9-10,14H,6-8,11-13H2,1-5H3,(H2,18,19,20);1H. The summed E-state index contributed by atoms with van der Waals surface area (Å²) in [5.74, 6) is 0.903. The average molecular weight is 452 g/mol. The molecule has 1 atom stereocenters. The van der Waals surface area contributed by atoms with Crippen LogP contribution >= 0.6 is 35.3 Å². The Morgan fingerprint density at radius 1 is 1.30 bits per heavy atom. The topological polar surface area (TPSA) is 39.7 Å². The summed E-state index contributed by atoms with van der Waals surface area (Å²) in [5, 5.41) is 6.88. The first-order valence-corrected chi connectivity index (χ1v) is 9.15. The number of hydrogen-bond donors (Lipinski definition) is 2. The predicted molar refractivity (Wildman–Crippen MR) is 115 cm³/mol. The summed E-state index contributed by atoms with van der Waals surface area (Å²) in [6.45, 7) is 13.1. The van der Waals surface area contributed by atoms with E-state index in [1.54, 1.807) is 0 Å². The highest BCUT2D eigenvalue weighted by molar-refractivity contribution is 14.0. The van der Waals surface area contributed by atoms with Crippen LogP contribution in [0.4, 0.5) is 0 Å². The summed E-state index contributed by atoms with van der Waals surface area (Å²) in [6.07, 6.45) is 2.18. The van der Waals surface area contributed by atoms with E-state index in [9.17, 15) is 0 Å². The molecule has 134 valence electrons. The fraction of sp³-hybridized carbons (Fsp3) is 0.706. The third kappa shape index (κ3) is 9.52. The van der Waals surface area contributed by atoms with Gasteiger partial charge in [-0.05, 0) is 52.0 Å². The lowest BCUT2D eigenvalue weighted by Crippen LogP contribution is -2.43. The summed E-state index contributed by atoms with van der Waals surface area (Å²) in [4.78, 5) is 9.56. The van der Waals surface area contributed by atoms with Gasteiger partial charge in [0.2, 0.25) is 0 Å². The second-order valence-electron chi connectivity index (χ2n) is 5.64. The second kappa shape index (κ2) is 13.0. The summed E-state index contributed by atoms with van der Waals surface area (Å²) in [6, 6.07) is 4.79. The van der Waals surface area contributed by atoms with Crippen LogP contribution in [-0.2, 0) is 6.42 Å². The first-order valence-electron chi connectivity index (χ1n) is 8.33. The summed E-state index contributed by atoms with van der Waals surface area (Å²) < 4.78 is 0. The Balaban J connectivity index is 0.00000484. The number of nitrogens with one attached hydrogen (secondary N) is 2. The molecule has 23 heavy (non-hydrogen) atoms. The Labute approximate surface area is 163 Å². The van der Waals surface area contributed by atoms with Crippen LogP contribution in [0.15, 0.2) is 17.1 Å². The van der Waals surface area contributed by atoms with E-state index in [0.29, 0.717) is 6.04 Å². The highest BCUT2D eigenvalue weighted by atomic mass is 127. The zero-order valence-corrected chi connectivity index (χ0v) is 18.3. The summed E-state index contributed by atoms with van der Waals surface area (Å²) in [5.41, 5.74) is 0. The first-order chi connectivity index (χ1) is 10.6. The van der Waals surface area contributed by atoms with Gasteiger partial charge in [0.25, 0.3) is 0 Å². The molecule has 0 saturated carbocycles. The Hall–Kier alpha value is -0.340. The number of guanidine groups is 1. The van der Waals surface area contributed by atoms with Crippen molar-refractivity contribution in [1.29, 1.82) is 0 Å². The van der Waals surface area contributed by atoms with Gasteiger partial charge in [-0.3, -0.25) is 4.99 Å². The number of aryl methyl sites for hydroxylation is 1. The number of halogens is 1. The van der Waals surface area contributed by atoms with Gasteiger partial charge >= 0.3 is 0 Å². The molecule has 0 saturated heterocycles. The van der Waals surface area contributed by atoms with Crippen molar-refractivity contribution < 1.29 is 0 Å². The minimum Gasteiger partial charge on any atom is -0.356 e. The minimum absolute atomic E-state index is 0. The van der Waals surface area contributed by atoms with Crippen molar-refractivity contribution in [3.8, 4) is 0 Å². The van der Waals surface area contributed by atoms with Crippen LogP contribution in [0.2, 0.25) is 0 Å². The molecule has 0 aliphatic rings. The van der Waals surface area contributed by atoms with Gasteiger partial charge < -0.3 is 15.5 Å². The highest BCUT2D eigenvalue weighted by Crippen LogP contribution is 2.16. The van der Waals surface area contributed by atoms with Crippen molar-refractivity contribution in [2.45, 2.75) is 46.6 Å². The fourth-order valence-electron chi connectivity index (χ4n) is 2.42. The quantitative estimate of drug-likeness (QED) is 0.261. The molecule has 2 N–H and O–H groups in total. The monoisotopic (exact) mass is 452 g/mol. The van der Waals surface area contributed by atoms with Crippen LogP contribution in [0.5, 0.6) is 0 Å². The van der Waals surface area contributed by atoms with E-state index >= 15 is 0 Å². The van der Waals surface area contributed by atoms with E-state index in [0.717, 1.165) is 45.0 Å². The maximum Gasteiger partial charge on any atom is 0.191 e. The highest BCUT2D eigenvalue weighted by Gasteiger charge is 2.07. The molecule has 0 aliphatic carbocycles. The largest absolute Gasteiger partial charge is 0.356 e. The van der Waals surface area contributed by atoms with Crippen LogP contribution in [0.1, 0.15) is 36.9 Å². The van der Waals surface area contributed by atoms with E-state index in [2.05, 4.69) is 60.4 Å². The Bertz CT molecular complexity index is 444. The molecule has 1 aromatic rings. The molecule has 0 aromatic carbocycles. The Morgan fingerprint density at radius 2 is 2.00 bits per heavy atom. The van der Waals surface area contributed by atoms with E-state index in [1.165, 1.54) is 9.75 Å². The van der Waals surface area contributed by atoms with Crippen molar-refractivity contribution in [3.05, 3.63) is 21.9 Å². The second-order valence-corrected chi connectivity index (χ2v) is 7.01. The maximum absolute atomic E-state index is 4.32. The van der Waals surface area contributed by atoms with Gasteiger partial charge in [-0.25, -0.2) is 0 Å². The number of aliphatic imine (C=N–C) groups is 1. The van der Waals surface area contributed by atoms with Crippen LogP contribution in [-0.4, -0.2) is 50.1 Å². The van der Waals surface area contributed by atoms with Gasteiger partial charge in [-0.2, -0.15) is 0 Å².